The Bertz CT molecular complexity index is 471. The highest BCUT2D eigenvalue weighted by atomic mass is 15.2. The van der Waals surface area contributed by atoms with Gasteiger partial charge in [0.15, 0.2) is 5.65 Å². The van der Waals surface area contributed by atoms with Crippen LogP contribution in [0.1, 0.15) is 18.7 Å². The lowest BCUT2D eigenvalue weighted by Gasteiger charge is -2.21. The van der Waals surface area contributed by atoms with E-state index in [2.05, 4.69) is 19.9 Å². The molecular weight excluding hydrogens is 200 g/mol. The zero-order valence-corrected chi connectivity index (χ0v) is 9.26. The molecule has 0 radical (unpaired) electrons. The minimum atomic E-state index is 0.710. The van der Waals surface area contributed by atoms with Crippen LogP contribution < -0.4 is 5.32 Å². The fourth-order valence-corrected chi connectivity index (χ4v) is 2.39. The molecule has 0 unspecified atom stereocenters. The van der Waals surface area contributed by atoms with Gasteiger partial charge in [0.05, 0.1) is 0 Å². The summed E-state index contributed by atoms with van der Waals surface area (Å²) in [6, 6.07) is 6.02. The third-order valence-corrected chi connectivity index (χ3v) is 3.25. The van der Waals surface area contributed by atoms with Gasteiger partial charge in [-0.1, -0.05) is 6.07 Å². The summed E-state index contributed by atoms with van der Waals surface area (Å²) < 4.78 is 2.09. The summed E-state index contributed by atoms with van der Waals surface area (Å²) in [7, 11) is 0. The number of hydrogen-bond donors (Lipinski definition) is 1. The topological polar surface area (TPSA) is 42.2 Å². The first-order valence-electron chi connectivity index (χ1n) is 5.93. The van der Waals surface area contributed by atoms with Crippen LogP contribution in [0, 0.1) is 5.92 Å². The van der Waals surface area contributed by atoms with E-state index in [-0.39, 0.29) is 0 Å². The van der Waals surface area contributed by atoms with E-state index in [0.29, 0.717) is 5.92 Å². The quantitative estimate of drug-likeness (QED) is 0.822. The first kappa shape index (κ1) is 9.78. The zero-order chi connectivity index (χ0) is 10.8. The predicted octanol–water partition coefficient (Wildman–Crippen LogP) is 1.27. The molecule has 0 spiro atoms. The summed E-state index contributed by atoms with van der Waals surface area (Å²) in [5.74, 6) is 1.80. The molecule has 1 atom stereocenters. The molecule has 0 amide bonds. The largest absolute Gasteiger partial charge is 0.316 e. The van der Waals surface area contributed by atoms with E-state index < -0.39 is 0 Å². The molecule has 2 aromatic heterocycles. The Kier molecular flexibility index (Phi) is 2.58. The molecule has 16 heavy (non-hydrogen) atoms. The summed E-state index contributed by atoms with van der Waals surface area (Å²) in [6.07, 6.45) is 5.65. The molecule has 1 saturated heterocycles. The Hall–Kier alpha value is -1.42. The van der Waals surface area contributed by atoms with Gasteiger partial charge in [0.25, 0.3) is 0 Å². The van der Waals surface area contributed by atoms with Crippen molar-refractivity contribution in [2.75, 3.05) is 13.1 Å². The van der Waals surface area contributed by atoms with Crippen LogP contribution in [0.3, 0.4) is 0 Å². The molecule has 1 aliphatic heterocycles. The highest BCUT2D eigenvalue weighted by Gasteiger charge is 2.16. The SMILES string of the molecule is c1ccn2c(C[C@@H]3CCCNC3)nnc2c1. The second-order valence-corrected chi connectivity index (χ2v) is 4.46. The van der Waals surface area contributed by atoms with Crippen LogP contribution in [-0.2, 0) is 6.42 Å². The van der Waals surface area contributed by atoms with Gasteiger partial charge >= 0.3 is 0 Å². The smallest absolute Gasteiger partial charge is 0.160 e. The van der Waals surface area contributed by atoms with E-state index in [1.54, 1.807) is 0 Å². The van der Waals surface area contributed by atoms with Gasteiger partial charge in [-0.15, -0.1) is 10.2 Å². The van der Waals surface area contributed by atoms with Crippen molar-refractivity contribution in [1.82, 2.24) is 19.9 Å². The van der Waals surface area contributed by atoms with E-state index in [1.807, 2.05) is 24.4 Å². The third-order valence-electron chi connectivity index (χ3n) is 3.25. The average Bonchev–Trinajstić information content (AvgIpc) is 2.74. The van der Waals surface area contributed by atoms with Crippen LogP contribution in [-0.4, -0.2) is 27.7 Å². The number of piperidine rings is 1. The van der Waals surface area contributed by atoms with Gasteiger partial charge < -0.3 is 5.32 Å². The lowest BCUT2D eigenvalue weighted by atomic mass is 9.96. The summed E-state index contributed by atoms with van der Waals surface area (Å²) in [4.78, 5) is 0. The number of hydrogen-bond acceptors (Lipinski definition) is 3. The van der Waals surface area contributed by atoms with Crippen LogP contribution in [0.4, 0.5) is 0 Å². The predicted molar refractivity (Wildman–Crippen MR) is 62.3 cm³/mol. The second-order valence-electron chi connectivity index (χ2n) is 4.46. The normalized spacial score (nSPS) is 21.4. The van der Waals surface area contributed by atoms with Crippen molar-refractivity contribution in [3.05, 3.63) is 30.2 Å². The lowest BCUT2D eigenvalue weighted by molar-refractivity contribution is 0.370. The van der Waals surface area contributed by atoms with E-state index in [1.165, 1.54) is 12.8 Å². The van der Waals surface area contributed by atoms with Crippen molar-refractivity contribution in [2.45, 2.75) is 19.3 Å². The summed E-state index contributed by atoms with van der Waals surface area (Å²) in [5, 5.41) is 11.9. The van der Waals surface area contributed by atoms with Gasteiger partial charge in [0, 0.05) is 12.6 Å². The van der Waals surface area contributed by atoms with Crippen molar-refractivity contribution in [3.63, 3.8) is 0 Å². The van der Waals surface area contributed by atoms with Gasteiger partial charge in [-0.25, -0.2) is 0 Å². The first-order chi connectivity index (χ1) is 7.93. The zero-order valence-electron chi connectivity index (χ0n) is 9.26. The Morgan fingerprint density at radius 1 is 1.38 bits per heavy atom. The van der Waals surface area contributed by atoms with Gasteiger partial charge in [-0.3, -0.25) is 4.40 Å². The lowest BCUT2D eigenvalue weighted by Crippen LogP contribution is -2.31. The third kappa shape index (κ3) is 1.80. The van der Waals surface area contributed by atoms with Gasteiger partial charge in [-0.05, 0) is 44.0 Å². The molecule has 3 heterocycles. The number of nitrogens with zero attached hydrogens (tertiary/aromatic N) is 3. The molecule has 0 saturated carbocycles. The van der Waals surface area contributed by atoms with E-state index in [0.717, 1.165) is 31.0 Å². The standard InChI is InChI=1S/C12H16N4/c1-2-7-16-11(5-1)14-15-12(16)8-10-4-3-6-13-9-10/h1-2,5,7,10,13H,3-4,6,8-9H2/t10-/m0/s1. The maximum atomic E-state index is 4.27. The van der Waals surface area contributed by atoms with Gasteiger partial charge in [-0.2, -0.15) is 0 Å². The molecule has 0 aliphatic carbocycles. The fraction of sp³-hybridized carbons (Fsp3) is 0.500. The first-order valence-corrected chi connectivity index (χ1v) is 5.93. The summed E-state index contributed by atoms with van der Waals surface area (Å²) in [5.41, 5.74) is 0.946. The molecule has 1 aliphatic rings. The van der Waals surface area contributed by atoms with Crippen LogP contribution in [0.5, 0.6) is 0 Å². The van der Waals surface area contributed by atoms with Crippen molar-refractivity contribution in [3.8, 4) is 0 Å². The number of fused-ring (bicyclic) bond motifs is 1. The number of rotatable bonds is 2. The van der Waals surface area contributed by atoms with Crippen molar-refractivity contribution in [2.24, 2.45) is 5.92 Å². The van der Waals surface area contributed by atoms with Gasteiger partial charge in [0.2, 0.25) is 0 Å². The average molecular weight is 216 g/mol. The number of nitrogens with one attached hydrogen (secondary N) is 1. The van der Waals surface area contributed by atoms with Crippen molar-refractivity contribution >= 4 is 5.65 Å². The molecule has 4 heteroatoms. The molecule has 2 aromatic rings. The number of aromatic nitrogens is 3. The van der Waals surface area contributed by atoms with Crippen molar-refractivity contribution in [1.29, 1.82) is 0 Å². The maximum absolute atomic E-state index is 4.27. The van der Waals surface area contributed by atoms with Gasteiger partial charge in [0.1, 0.15) is 5.82 Å². The molecule has 0 aromatic carbocycles. The molecule has 4 nitrogen and oxygen atoms in total. The van der Waals surface area contributed by atoms with E-state index in [9.17, 15) is 0 Å². The number of pyridine rings is 1. The maximum Gasteiger partial charge on any atom is 0.160 e. The molecule has 1 N–H and O–H groups in total. The fourth-order valence-electron chi connectivity index (χ4n) is 2.39. The summed E-state index contributed by atoms with van der Waals surface area (Å²) in [6.45, 7) is 2.28. The Balaban J connectivity index is 1.83. The molecule has 3 rings (SSSR count). The van der Waals surface area contributed by atoms with E-state index >= 15 is 0 Å². The molecule has 84 valence electrons. The van der Waals surface area contributed by atoms with Crippen LogP contribution >= 0.6 is 0 Å². The van der Waals surface area contributed by atoms with Crippen LogP contribution in [0.15, 0.2) is 24.4 Å². The van der Waals surface area contributed by atoms with Crippen LogP contribution in [0.25, 0.3) is 5.65 Å². The molecule has 0 bridgehead atoms. The second kappa shape index (κ2) is 4.22. The molecular formula is C12H16N4. The Morgan fingerprint density at radius 3 is 3.25 bits per heavy atom. The monoisotopic (exact) mass is 216 g/mol. The highest BCUT2D eigenvalue weighted by Crippen LogP contribution is 2.15. The minimum absolute atomic E-state index is 0.710. The minimum Gasteiger partial charge on any atom is -0.316 e. The van der Waals surface area contributed by atoms with E-state index in [4.69, 9.17) is 0 Å². The van der Waals surface area contributed by atoms with Crippen LogP contribution in [0.2, 0.25) is 0 Å². The Labute approximate surface area is 94.7 Å². The van der Waals surface area contributed by atoms with Crippen molar-refractivity contribution < 1.29 is 0 Å². The highest BCUT2D eigenvalue weighted by molar-refractivity contribution is 5.37. The molecule has 1 fully saturated rings. The Morgan fingerprint density at radius 2 is 2.38 bits per heavy atom. The summed E-state index contributed by atoms with van der Waals surface area (Å²) >= 11 is 0.